The molecule has 7 nitrogen and oxygen atoms in total. The third-order valence-corrected chi connectivity index (χ3v) is 4.57. The van der Waals surface area contributed by atoms with Crippen LogP contribution in [-0.4, -0.2) is 38.7 Å². The third kappa shape index (κ3) is 3.15. The number of carbonyl (C=O) groups excluding carboxylic acids is 1. The predicted molar refractivity (Wildman–Crippen MR) is 99.7 cm³/mol. The van der Waals surface area contributed by atoms with Gasteiger partial charge in [0, 0.05) is 18.7 Å². The van der Waals surface area contributed by atoms with Crippen molar-refractivity contribution in [3.8, 4) is 5.82 Å². The summed E-state index contributed by atoms with van der Waals surface area (Å²) < 4.78 is 1.68. The lowest BCUT2D eigenvalue weighted by atomic mass is 10.1. The first-order chi connectivity index (χ1) is 12.7. The summed E-state index contributed by atoms with van der Waals surface area (Å²) in [4.78, 5) is 23.3. The van der Waals surface area contributed by atoms with Gasteiger partial charge in [-0.2, -0.15) is 5.10 Å². The molecule has 1 aliphatic rings. The fourth-order valence-corrected chi connectivity index (χ4v) is 3.20. The zero-order valence-electron chi connectivity index (χ0n) is 14.6. The first kappa shape index (κ1) is 16.3. The molecule has 0 aliphatic carbocycles. The Morgan fingerprint density at radius 1 is 1.15 bits per heavy atom. The molecule has 1 amide bonds. The van der Waals surface area contributed by atoms with E-state index in [4.69, 9.17) is 0 Å². The van der Waals surface area contributed by atoms with Gasteiger partial charge in [-0.25, -0.2) is 14.6 Å². The highest BCUT2D eigenvalue weighted by Gasteiger charge is 2.19. The number of anilines is 2. The monoisotopic (exact) mass is 348 g/mol. The fraction of sp³-hybridized carbons (Fsp3) is 0.263. The fourth-order valence-electron chi connectivity index (χ4n) is 3.20. The summed E-state index contributed by atoms with van der Waals surface area (Å²) in [7, 11) is 0. The van der Waals surface area contributed by atoms with Crippen molar-refractivity contribution >= 4 is 17.3 Å². The largest absolute Gasteiger partial charge is 0.367 e. The number of hydrogen-bond acceptors (Lipinski definition) is 5. The van der Waals surface area contributed by atoms with Gasteiger partial charge in [-0.05, 0) is 31.4 Å². The highest BCUT2D eigenvalue weighted by atomic mass is 16.1. The number of carbonyl (C=O) groups is 1. The summed E-state index contributed by atoms with van der Waals surface area (Å²) in [6, 6.07) is 7.50. The van der Waals surface area contributed by atoms with Crippen LogP contribution in [0.3, 0.4) is 0 Å². The van der Waals surface area contributed by atoms with Crippen molar-refractivity contribution in [2.24, 2.45) is 0 Å². The van der Waals surface area contributed by atoms with Gasteiger partial charge in [0.05, 0.1) is 24.3 Å². The van der Waals surface area contributed by atoms with E-state index in [9.17, 15) is 4.79 Å². The second-order valence-electron chi connectivity index (χ2n) is 6.37. The van der Waals surface area contributed by atoms with Crippen LogP contribution in [0, 0.1) is 6.92 Å². The number of benzene rings is 1. The van der Waals surface area contributed by atoms with Gasteiger partial charge in [-0.15, -0.1) is 0 Å². The molecule has 0 unspecified atom stereocenters. The van der Waals surface area contributed by atoms with Crippen LogP contribution in [0.5, 0.6) is 0 Å². The molecule has 26 heavy (non-hydrogen) atoms. The maximum absolute atomic E-state index is 12.5. The molecule has 1 aromatic carbocycles. The average Bonchev–Trinajstić information content (AvgIpc) is 3.34. The van der Waals surface area contributed by atoms with Crippen molar-refractivity contribution in [3.05, 3.63) is 60.3 Å². The van der Waals surface area contributed by atoms with Gasteiger partial charge in [0.2, 0.25) is 0 Å². The SMILES string of the molecule is Cc1ccccc1C(=O)Nc1cnn(-c2ncncc2N2CCCC2)c1. The standard InChI is InChI=1S/C19H20N6O/c1-14-6-2-3-7-16(14)19(26)23-15-10-22-25(12-15)18-17(11-20-13-21-18)24-8-4-5-9-24/h2-3,6-7,10-13H,4-5,8-9H2,1H3,(H,23,26). The second-order valence-corrected chi connectivity index (χ2v) is 6.37. The van der Waals surface area contributed by atoms with E-state index >= 15 is 0 Å². The van der Waals surface area contributed by atoms with Crippen LogP contribution in [0.4, 0.5) is 11.4 Å². The molecule has 4 rings (SSSR count). The molecule has 2 aromatic heterocycles. The summed E-state index contributed by atoms with van der Waals surface area (Å²) in [5.41, 5.74) is 3.18. The maximum atomic E-state index is 12.5. The number of rotatable bonds is 4. The van der Waals surface area contributed by atoms with Crippen molar-refractivity contribution in [1.29, 1.82) is 0 Å². The van der Waals surface area contributed by atoms with E-state index in [0.717, 1.165) is 30.2 Å². The molecule has 0 saturated carbocycles. The first-order valence-electron chi connectivity index (χ1n) is 8.69. The van der Waals surface area contributed by atoms with Gasteiger partial charge in [0.15, 0.2) is 5.82 Å². The molecule has 0 radical (unpaired) electrons. The summed E-state index contributed by atoms with van der Waals surface area (Å²) >= 11 is 0. The maximum Gasteiger partial charge on any atom is 0.256 e. The topological polar surface area (TPSA) is 75.9 Å². The molecule has 1 fully saturated rings. The van der Waals surface area contributed by atoms with E-state index in [-0.39, 0.29) is 5.91 Å². The van der Waals surface area contributed by atoms with E-state index in [2.05, 4.69) is 25.3 Å². The van der Waals surface area contributed by atoms with E-state index in [1.807, 2.05) is 37.4 Å². The van der Waals surface area contributed by atoms with Gasteiger partial charge >= 0.3 is 0 Å². The minimum Gasteiger partial charge on any atom is -0.367 e. The van der Waals surface area contributed by atoms with Crippen LogP contribution in [0.1, 0.15) is 28.8 Å². The normalized spacial score (nSPS) is 13.8. The van der Waals surface area contributed by atoms with Crippen LogP contribution in [0.15, 0.2) is 49.2 Å². The molecule has 3 aromatic rings. The lowest BCUT2D eigenvalue weighted by Gasteiger charge is -2.19. The molecule has 0 spiro atoms. The van der Waals surface area contributed by atoms with E-state index < -0.39 is 0 Å². The number of amides is 1. The van der Waals surface area contributed by atoms with Crippen LogP contribution in [-0.2, 0) is 0 Å². The number of aryl methyl sites for hydroxylation is 1. The summed E-state index contributed by atoms with van der Waals surface area (Å²) in [5, 5.41) is 7.27. The molecular weight excluding hydrogens is 328 g/mol. The van der Waals surface area contributed by atoms with Gasteiger partial charge in [0.25, 0.3) is 5.91 Å². The van der Waals surface area contributed by atoms with Crippen LogP contribution >= 0.6 is 0 Å². The quantitative estimate of drug-likeness (QED) is 0.785. The third-order valence-electron chi connectivity index (χ3n) is 4.57. The average molecular weight is 348 g/mol. The Balaban J connectivity index is 1.57. The number of aromatic nitrogens is 4. The zero-order valence-corrected chi connectivity index (χ0v) is 14.6. The molecule has 0 bridgehead atoms. The highest BCUT2D eigenvalue weighted by molar-refractivity contribution is 6.05. The Morgan fingerprint density at radius 2 is 1.96 bits per heavy atom. The van der Waals surface area contributed by atoms with Gasteiger partial charge in [0.1, 0.15) is 12.0 Å². The second kappa shape index (κ2) is 6.95. The minimum atomic E-state index is -0.148. The lowest BCUT2D eigenvalue weighted by Crippen LogP contribution is -2.20. The number of nitrogens with zero attached hydrogens (tertiary/aromatic N) is 5. The molecule has 0 atom stereocenters. The molecule has 132 valence electrons. The van der Waals surface area contributed by atoms with Crippen molar-refractivity contribution in [3.63, 3.8) is 0 Å². The Kier molecular flexibility index (Phi) is 4.35. The highest BCUT2D eigenvalue weighted by Crippen LogP contribution is 2.25. The first-order valence-corrected chi connectivity index (χ1v) is 8.69. The Labute approximate surface area is 151 Å². The van der Waals surface area contributed by atoms with Crippen molar-refractivity contribution < 1.29 is 4.79 Å². The van der Waals surface area contributed by atoms with Crippen LogP contribution in [0.2, 0.25) is 0 Å². The predicted octanol–water partition coefficient (Wildman–Crippen LogP) is 2.82. The van der Waals surface area contributed by atoms with Gasteiger partial charge in [-0.1, -0.05) is 18.2 Å². The minimum absolute atomic E-state index is 0.148. The van der Waals surface area contributed by atoms with Crippen LogP contribution < -0.4 is 10.2 Å². The van der Waals surface area contributed by atoms with Crippen LogP contribution in [0.25, 0.3) is 5.82 Å². The van der Waals surface area contributed by atoms with E-state index in [1.165, 1.54) is 19.2 Å². The zero-order chi connectivity index (χ0) is 17.9. The summed E-state index contributed by atoms with van der Waals surface area (Å²) in [6.45, 7) is 3.92. The van der Waals surface area contributed by atoms with E-state index in [1.54, 1.807) is 17.1 Å². The van der Waals surface area contributed by atoms with E-state index in [0.29, 0.717) is 11.3 Å². The molecule has 1 aliphatic heterocycles. The molecule has 7 heteroatoms. The smallest absolute Gasteiger partial charge is 0.256 e. The Hall–Kier alpha value is -3.22. The Morgan fingerprint density at radius 3 is 2.77 bits per heavy atom. The number of hydrogen-bond donors (Lipinski definition) is 1. The molecular formula is C19H20N6O. The van der Waals surface area contributed by atoms with Gasteiger partial charge in [-0.3, -0.25) is 4.79 Å². The van der Waals surface area contributed by atoms with Crippen molar-refractivity contribution in [1.82, 2.24) is 19.7 Å². The summed E-state index contributed by atoms with van der Waals surface area (Å²) in [5.74, 6) is 0.573. The molecule has 1 N–H and O–H groups in total. The van der Waals surface area contributed by atoms with Crippen molar-refractivity contribution in [2.75, 3.05) is 23.3 Å². The number of nitrogens with one attached hydrogen (secondary N) is 1. The Bertz CT molecular complexity index is 929. The summed E-state index contributed by atoms with van der Waals surface area (Å²) in [6.07, 6.45) is 9.09. The van der Waals surface area contributed by atoms with Gasteiger partial charge < -0.3 is 10.2 Å². The van der Waals surface area contributed by atoms with Crippen molar-refractivity contribution in [2.45, 2.75) is 19.8 Å². The molecule has 3 heterocycles. The molecule has 1 saturated heterocycles. The lowest BCUT2D eigenvalue weighted by molar-refractivity contribution is 0.102.